The molecule has 4 rings (SSSR count). The summed E-state index contributed by atoms with van der Waals surface area (Å²) in [5, 5.41) is 7.62. The zero-order valence-corrected chi connectivity index (χ0v) is 15.8. The number of hydrogen-bond donors (Lipinski definition) is 1. The maximum Gasteiger partial charge on any atom is 0.255 e. The first-order valence-electron chi connectivity index (χ1n) is 10.0. The quantitative estimate of drug-likeness (QED) is 0.871. The van der Waals surface area contributed by atoms with E-state index < -0.39 is 0 Å². The lowest BCUT2D eigenvalue weighted by Crippen LogP contribution is -2.44. The molecule has 27 heavy (non-hydrogen) atoms. The van der Waals surface area contributed by atoms with Crippen molar-refractivity contribution in [3.63, 3.8) is 0 Å². The minimum Gasteiger partial charge on any atom is -0.354 e. The molecule has 4 heterocycles. The second-order valence-corrected chi connectivity index (χ2v) is 7.35. The standard InChI is InChI=1S/C20H28N6O/c27-20(17-5-6-19(22-16-17)24-14-9-21-10-15-24)26-12-2-1-4-18(26)7-13-25-11-3-8-23-25/h3,5-6,8,11,16,18,21H,1-2,4,7,9-10,12-15H2/t18-/m0/s1. The first kappa shape index (κ1) is 18.0. The Morgan fingerprint density at radius 3 is 2.81 bits per heavy atom. The number of carbonyl (C=O) groups is 1. The number of aromatic nitrogens is 3. The lowest BCUT2D eigenvalue weighted by molar-refractivity contribution is 0.0593. The summed E-state index contributed by atoms with van der Waals surface area (Å²) in [6.45, 7) is 5.57. The number of likely N-dealkylation sites (tertiary alicyclic amines) is 1. The Morgan fingerprint density at radius 2 is 2.07 bits per heavy atom. The van der Waals surface area contributed by atoms with Crippen molar-refractivity contribution in [1.82, 2.24) is 25.0 Å². The number of piperidine rings is 1. The summed E-state index contributed by atoms with van der Waals surface area (Å²) in [6, 6.07) is 6.14. The van der Waals surface area contributed by atoms with Gasteiger partial charge in [0.2, 0.25) is 0 Å². The molecular weight excluding hydrogens is 340 g/mol. The highest BCUT2D eigenvalue weighted by molar-refractivity contribution is 5.94. The minimum atomic E-state index is 0.111. The van der Waals surface area contributed by atoms with Gasteiger partial charge in [-0.1, -0.05) is 0 Å². The number of pyridine rings is 1. The number of aryl methyl sites for hydroxylation is 1. The summed E-state index contributed by atoms with van der Waals surface area (Å²) in [6.07, 6.45) is 9.81. The fraction of sp³-hybridized carbons (Fsp3) is 0.550. The second-order valence-electron chi connectivity index (χ2n) is 7.35. The van der Waals surface area contributed by atoms with E-state index in [9.17, 15) is 4.79 Å². The van der Waals surface area contributed by atoms with Crippen LogP contribution in [0.1, 0.15) is 36.0 Å². The number of hydrogen-bond acceptors (Lipinski definition) is 5. The van der Waals surface area contributed by atoms with E-state index in [1.807, 2.05) is 29.1 Å². The van der Waals surface area contributed by atoms with Gasteiger partial charge in [-0.3, -0.25) is 9.48 Å². The van der Waals surface area contributed by atoms with Gasteiger partial charge in [0.15, 0.2) is 0 Å². The number of nitrogens with zero attached hydrogens (tertiary/aromatic N) is 5. The van der Waals surface area contributed by atoms with Crippen LogP contribution in [0.25, 0.3) is 0 Å². The number of anilines is 1. The molecule has 0 unspecified atom stereocenters. The van der Waals surface area contributed by atoms with E-state index in [4.69, 9.17) is 0 Å². The molecular formula is C20H28N6O. The van der Waals surface area contributed by atoms with Crippen molar-refractivity contribution >= 4 is 11.7 Å². The highest BCUT2D eigenvalue weighted by atomic mass is 16.2. The van der Waals surface area contributed by atoms with E-state index in [1.54, 1.807) is 12.4 Å². The molecule has 0 bridgehead atoms. The minimum absolute atomic E-state index is 0.111. The van der Waals surface area contributed by atoms with Crippen molar-refractivity contribution in [1.29, 1.82) is 0 Å². The van der Waals surface area contributed by atoms with Crippen molar-refractivity contribution in [3.05, 3.63) is 42.4 Å². The van der Waals surface area contributed by atoms with E-state index in [-0.39, 0.29) is 11.9 Å². The van der Waals surface area contributed by atoms with Crippen LogP contribution in [-0.2, 0) is 6.54 Å². The van der Waals surface area contributed by atoms with Crippen molar-refractivity contribution in [2.45, 2.75) is 38.3 Å². The predicted molar refractivity (Wildman–Crippen MR) is 105 cm³/mol. The van der Waals surface area contributed by atoms with E-state index in [0.717, 1.165) is 64.3 Å². The van der Waals surface area contributed by atoms with E-state index in [1.165, 1.54) is 6.42 Å². The van der Waals surface area contributed by atoms with Crippen molar-refractivity contribution in [2.24, 2.45) is 0 Å². The van der Waals surface area contributed by atoms with Gasteiger partial charge in [-0.05, 0) is 43.9 Å². The van der Waals surface area contributed by atoms with E-state index in [2.05, 4.69) is 25.2 Å². The zero-order valence-electron chi connectivity index (χ0n) is 15.8. The number of carbonyl (C=O) groups excluding carboxylic acids is 1. The Bertz CT molecular complexity index is 723. The molecule has 7 nitrogen and oxygen atoms in total. The summed E-state index contributed by atoms with van der Waals surface area (Å²) in [4.78, 5) is 22.0. The third kappa shape index (κ3) is 4.30. The fourth-order valence-corrected chi connectivity index (χ4v) is 4.04. The van der Waals surface area contributed by atoms with Crippen LogP contribution in [0.4, 0.5) is 5.82 Å². The molecule has 2 aliphatic rings. The molecule has 2 aromatic heterocycles. The number of nitrogens with one attached hydrogen (secondary N) is 1. The lowest BCUT2D eigenvalue weighted by atomic mass is 9.98. The molecule has 0 saturated carbocycles. The van der Waals surface area contributed by atoms with Crippen LogP contribution in [-0.4, -0.2) is 64.3 Å². The monoisotopic (exact) mass is 368 g/mol. The first-order valence-corrected chi connectivity index (χ1v) is 10.0. The summed E-state index contributed by atoms with van der Waals surface area (Å²) < 4.78 is 1.95. The van der Waals surface area contributed by atoms with Crippen LogP contribution < -0.4 is 10.2 Å². The molecule has 2 aromatic rings. The van der Waals surface area contributed by atoms with Crippen molar-refractivity contribution in [3.8, 4) is 0 Å². The van der Waals surface area contributed by atoms with Gasteiger partial charge in [-0.25, -0.2) is 4.98 Å². The van der Waals surface area contributed by atoms with Gasteiger partial charge in [-0.2, -0.15) is 5.10 Å². The van der Waals surface area contributed by atoms with Crippen molar-refractivity contribution < 1.29 is 4.79 Å². The maximum atomic E-state index is 13.1. The Kier molecular flexibility index (Phi) is 5.67. The molecule has 1 amide bonds. The number of rotatable bonds is 5. The summed E-state index contributed by atoms with van der Waals surface area (Å²) in [5.41, 5.74) is 0.694. The largest absolute Gasteiger partial charge is 0.354 e. The third-order valence-electron chi connectivity index (χ3n) is 5.57. The van der Waals surface area contributed by atoms with E-state index >= 15 is 0 Å². The summed E-state index contributed by atoms with van der Waals surface area (Å²) >= 11 is 0. The molecule has 0 aromatic carbocycles. The van der Waals surface area contributed by atoms with Crippen molar-refractivity contribution in [2.75, 3.05) is 37.6 Å². The smallest absolute Gasteiger partial charge is 0.255 e. The van der Waals surface area contributed by atoms with Gasteiger partial charge in [0.05, 0.1) is 5.56 Å². The Hall–Kier alpha value is -2.41. The van der Waals surface area contributed by atoms with Gasteiger partial charge in [-0.15, -0.1) is 0 Å². The van der Waals surface area contributed by atoms with Gasteiger partial charge in [0.1, 0.15) is 5.82 Å². The molecule has 2 saturated heterocycles. The van der Waals surface area contributed by atoms with Crippen LogP contribution in [0.5, 0.6) is 0 Å². The lowest BCUT2D eigenvalue weighted by Gasteiger charge is -2.36. The normalized spacial score (nSPS) is 20.7. The second kappa shape index (κ2) is 8.52. The average Bonchev–Trinajstić information content (AvgIpc) is 3.26. The van der Waals surface area contributed by atoms with Gasteiger partial charge >= 0.3 is 0 Å². The topological polar surface area (TPSA) is 66.3 Å². The molecule has 1 atom stereocenters. The van der Waals surface area contributed by atoms with Gasteiger partial charge < -0.3 is 15.1 Å². The Balaban J connectivity index is 1.41. The van der Waals surface area contributed by atoms with Gasteiger partial charge in [0, 0.05) is 63.9 Å². The molecule has 144 valence electrons. The van der Waals surface area contributed by atoms with Crippen LogP contribution in [0.3, 0.4) is 0 Å². The molecule has 0 radical (unpaired) electrons. The fourth-order valence-electron chi connectivity index (χ4n) is 4.04. The van der Waals surface area contributed by atoms with Crippen LogP contribution in [0.15, 0.2) is 36.8 Å². The van der Waals surface area contributed by atoms with Gasteiger partial charge in [0.25, 0.3) is 5.91 Å². The Morgan fingerprint density at radius 1 is 1.19 bits per heavy atom. The molecule has 0 aliphatic carbocycles. The molecule has 2 aliphatic heterocycles. The predicted octanol–water partition coefficient (Wildman–Crippen LogP) is 1.77. The average molecular weight is 368 g/mol. The summed E-state index contributed by atoms with van der Waals surface area (Å²) in [5.74, 6) is 1.07. The molecule has 2 fully saturated rings. The third-order valence-corrected chi connectivity index (χ3v) is 5.57. The highest BCUT2D eigenvalue weighted by Crippen LogP contribution is 2.23. The van der Waals surface area contributed by atoms with Crippen LogP contribution in [0, 0.1) is 0 Å². The zero-order chi connectivity index (χ0) is 18.5. The number of amides is 1. The SMILES string of the molecule is O=C(c1ccc(N2CCNCC2)nc1)N1CCCC[C@H]1CCn1cccn1. The van der Waals surface area contributed by atoms with Crippen LogP contribution >= 0.6 is 0 Å². The Labute approximate surface area is 160 Å². The highest BCUT2D eigenvalue weighted by Gasteiger charge is 2.27. The molecule has 7 heteroatoms. The van der Waals surface area contributed by atoms with Crippen LogP contribution in [0.2, 0.25) is 0 Å². The first-order chi connectivity index (χ1) is 13.3. The molecule has 1 N–H and O–H groups in total. The molecule has 0 spiro atoms. The maximum absolute atomic E-state index is 13.1. The van der Waals surface area contributed by atoms with E-state index in [0.29, 0.717) is 5.56 Å². The summed E-state index contributed by atoms with van der Waals surface area (Å²) in [7, 11) is 0. The number of piperazine rings is 1.